The highest BCUT2D eigenvalue weighted by Gasteiger charge is 2.12. The van der Waals surface area contributed by atoms with Gasteiger partial charge >= 0.3 is 0 Å². The van der Waals surface area contributed by atoms with Gasteiger partial charge in [0.25, 0.3) is 0 Å². The van der Waals surface area contributed by atoms with Crippen LogP contribution in [0.5, 0.6) is 0 Å². The first kappa shape index (κ1) is 12.9. The Bertz CT molecular complexity index is 736. The number of aromatic amines is 1. The molecule has 0 saturated carbocycles. The number of nitrogens with one attached hydrogen (secondary N) is 1. The Morgan fingerprint density at radius 2 is 1.63 bits per heavy atom. The van der Waals surface area contributed by atoms with Crippen LogP contribution < -0.4 is 0 Å². The lowest BCUT2D eigenvalue weighted by atomic mass is 10.0. The highest BCUT2D eigenvalue weighted by molar-refractivity contribution is 9.13. The summed E-state index contributed by atoms with van der Waals surface area (Å²) in [5, 5.41) is 11.6. The minimum atomic E-state index is -0.622. The summed E-state index contributed by atoms with van der Waals surface area (Å²) < 4.78 is 1.91. The smallest absolute Gasteiger partial charge is 0.104 e. The Kier molecular flexibility index (Phi) is 3.48. The normalized spacial score (nSPS) is 12.8. The van der Waals surface area contributed by atoms with E-state index in [2.05, 4.69) is 36.8 Å². The zero-order chi connectivity index (χ0) is 13.4. The molecule has 2 N–H and O–H groups in total. The van der Waals surface area contributed by atoms with E-state index in [-0.39, 0.29) is 0 Å². The van der Waals surface area contributed by atoms with Gasteiger partial charge in [-0.05, 0) is 78.7 Å². The van der Waals surface area contributed by atoms with Crippen LogP contribution in [0.2, 0.25) is 0 Å². The van der Waals surface area contributed by atoms with E-state index >= 15 is 0 Å². The van der Waals surface area contributed by atoms with Crippen molar-refractivity contribution in [1.29, 1.82) is 0 Å². The Hall–Kier alpha value is -1.10. The highest BCUT2D eigenvalue weighted by atomic mass is 79.9. The first-order valence-corrected chi connectivity index (χ1v) is 7.44. The maximum absolute atomic E-state index is 10.5. The summed E-state index contributed by atoms with van der Waals surface area (Å²) in [5.74, 6) is 0. The third-order valence-corrected chi connectivity index (χ3v) is 5.03. The SMILES string of the molecule is OC(c1ccc(Br)c(Br)c1)c1ccc2[nH]ccc2c1. The molecule has 4 heteroatoms. The van der Waals surface area contributed by atoms with E-state index in [1.807, 2.05) is 48.7 Å². The fourth-order valence-corrected chi connectivity index (χ4v) is 2.76. The summed E-state index contributed by atoms with van der Waals surface area (Å²) in [7, 11) is 0. The number of H-pyrrole nitrogens is 1. The molecule has 0 amide bonds. The van der Waals surface area contributed by atoms with Crippen LogP contribution in [0.15, 0.2) is 57.6 Å². The lowest BCUT2D eigenvalue weighted by Gasteiger charge is -2.12. The molecule has 0 saturated heterocycles. The van der Waals surface area contributed by atoms with Crippen molar-refractivity contribution in [1.82, 2.24) is 4.98 Å². The van der Waals surface area contributed by atoms with E-state index in [9.17, 15) is 5.11 Å². The molecular formula is C15H11Br2NO. The predicted molar refractivity (Wildman–Crippen MR) is 84.2 cm³/mol. The number of fused-ring (bicyclic) bond motifs is 1. The second-order valence-electron chi connectivity index (χ2n) is 4.40. The standard InChI is InChI=1S/C15H11Br2NO/c16-12-3-1-11(8-13(12)17)15(19)10-2-4-14-9(7-10)5-6-18-14/h1-8,15,18-19H. The summed E-state index contributed by atoms with van der Waals surface area (Å²) in [6.07, 6.45) is 1.28. The molecule has 0 spiro atoms. The molecule has 2 nitrogen and oxygen atoms in total. The van der Waals surface area contributed by atoms with Gasteiger partial charge in [-0.15, -0.1) is 0 Å². The fourth-order valence-electron chi connectivity index (χ4n) is 2.12. The predicted octanol–water partition coefficient (Wildman–Crippen LogP) is 4.77. The summed E-state index contributed by atoms with van der Waals surface area (Å²) in [5.41, 5.74) is 2.83. The van der Waals surface area contributed by atoms with Crippen molar-refractivity contribution in [2.75, 3.05) is 0 Å². The van der Waals surface area contributed by atoms with Crippen LogP contribution in [0.25, 0.3) is 10.9 Å². The van der Waals surface area contributed by atoms with Crippen molar-refractivity contribution in [3.05, 3.63) is 68.7 Å². The number of halogens is 2. The van der Waals surface area contributed by atoms with Gasteiger partial charge in [0.1, 0.15) is 6.10 Å². The molecule has 96 valence electrons. The summed E-state index contributed by atoms with van der Waals surface area (Å²) in [6.45, 7) is 0. The third kappa shape index (κ3) is 2.48. The number of rotatable bonds is 2. The first-order chi connectivity index (χ1) is 9.15. The highest BCUT2D eigenvalue weighted by Crippen LogP contribution is 2.30. The van der Waals surface area contributed by atoms with Crippen LogP contribution in [0.3, 0.4) is 0 Å². The van der Waals surface area contributed by atoms with Crippen molar-refractivity contribution < 1.29 is 5.11 Å². The minimum Gasteiger partial charge on any atom is -0.384 e. The molecule has 1 unspecified atom stereocenters. The maximum atomic E-state index is 10.5. The van der Waals surface area contributed by atoms with Gasteiger partial charge in [0.2, 0.25) is 0 Å². The second-order valence-corrected chi connectivity index (χ2v) is 6.11. The van der Waals surface area contributed by atoms with E-state index in [0.717, 1.165) is 31.0 Å². The molecule has 1 aromatic heterocycles. The lowest BCUT2D eigenvalue weighted by Crippen LogP contribution is -1.99. The number of hydrogen-bond donors (Lipinski definition) is 2. The van der Waals surface area contributed by atoms with Crippen LogP contribution >= 0.6 is 31.9 Å². The van der Waals surface area contributed by atoms with E-state index in [4.69, 9.17) is 0 Å². The molecule has 0 aliphatic rings. The van der Waals surface area contributed by atoms with E-state index in [0.29, 0.717) is 0 Å². The Morgan fingerprint density at radius 3 is 2.42 bits per heavy atom. The number of aromatic nitrogens is 1. The number of aliphatic hydroxyl groups is 1. The maximum Gasteiger partial charge on any atom is 0.104 e. The topological polar surface area (TPSA) is 36.0 Å². The third-order valence-electron chi connectivity index (χ3n) is 3.15. The van der Waals surface area contributed by atoms with Gasteiger partial charge in [0.15, 0.2) is 0 Å². The Balaban J connectivity index is 2.01. The van der Waals surface area contributed by atoms with Gasteiger partial charge < -0.3 is 10.1 Å². The molecule has 0 fully saturated rings. The van der Waals surface area contributed by atoms with Gasteiger partial charge in [0.05, 0.1) is 0 Å². The van der Waals surface area contributed by atoms with Crippen LogP contribution in [-0.4, -0.2) is 10.1 Å². The molecule has 1 heterocycles. The van der Waals surface area contributed by atoms with Gasteiger partial charge in [-0.1, -0.05) is 12.1 Å². The summed E-state index contributed by atoms with van der Waals surface area (Å²) in [4.78, 5) is 3.15. The number of hydrogen-bond acceptors (Lipinski definition) is 1. The quantitative estimate of drug-likeness (QED) is 0.659. The average Bonchev–Trinajstić information content (AvgIpc) is 2.88. The minimum absolute atomic E-state index is 0.622. The largest absolute Gasteiger partial charge is 0.384 e. The van der Waals surface area contributed by atoms with E-state index in [1.165, 1.54) is 0 Å². The zero-order valence-electron chi connectivity index (χ0n) is 9.90. The van der Waals surface area contributed by atoms with Gasteiger partial charge in [-0.3, -0.25) is 0 Å². The van der Waals surface area contributed by atoms with Crippen molar-refractivity contribution in [3.63, 3.8) is 0 Å². The molecule has 3 rings (SSSR count). The first-order valence-electron chi connectivity index (χ1n) is 5.85. The van der Waals surface area contributed by atoms with Crippen LogP contribution in [0.1, 0.15) is 17.2 Å². The molecule has 0 aliphatic heterocycles. The zero-order valence-corrected chi connectivity index (χ0v) is 13.1. The molecule has 19 heavy (non-hydrogen) atoms. The van der Waals surface area contributed by atoms with Crippen molar-refractivity contribution in [2.24, 2.45) is 0 Å². The van der Waals surface area contributed by atoms with Crippen molar-refractivity contribution >= 4 is 42.8 Å². The van der Waals surface area contributed by atoms with Gasteiger partial charge in [0, 0.05) is 20.7 Å². The van der Waals surface area contributed by atoms with E-state index in [1.54, 1.807) is 0 Å². The van der Waals surface area contributed by atoms with Gasteiger partial charge in [-0.25, -0.2) is 0 Å². The van der Waals surface area contributed by atoms with Gasteiger partial charge in [-0.2, -0.15) is 0 Å². The molecule has 0 bridgehead atoms. The summed E-state index contributed by atoms with van der Waals surface area (Å²) in [6, 6.07) is 13.7. The monoisotopic (exact) mass is 379 g/mol. The molecule has 0 radical (unpaired) electrons. The number of aliphatic hydroxyl groups excluding tert-OH is 1. The average molecular weight is 381 g/mol. The fraction of sp³-hybridized carbons (Fsp3) is 0.0667. The van der Waals surface area contributed by atoms with Crippen LogP contribution in [0.4, 0.5) is 0 Å². The second kappa shape index (κ2) is 5.12. The van der Waals surface area contributed by atoms with Crippen LogP contribution in [-0.2, 0) is 0 Å². The van der Waals surface area contributed by atoms with E-state index < -0.39 is 6.10 Å². The Labute approximate surface area is 127 Å². The summed E-state index contributed by atoms with van der Waals surface area (Å²) >= 11 is 6.89. The number of benzene rings is 2. The van der Waals surface area contributed by atoms with Crippen molar-refractivity contribution in [2.45, 2.75) is 6.10 Å². The molecule has 2 aromatic carbocycles. The molecule has 0 aliphatic carbocycles. The molecule has 1 atom stereocenters. The van der Waals surface area contributed by atoms with Crippen LogP contribution in [0, 0.1) is 0 Å². The van der Waals surface area contributed by atoms with Crippen molar-refractivity contribution in [3.8, 4) is 0 Å². The molecular weight excluding hydrogens is 370 g/mol. The lowest BCUT2D eigenvalue weighted by molar-refractivity contribution is 0.220. The Morgan fingerprint density at radius 1 is 0.895 bits per heavy atom. The molecule has 3 aromatic rings.